The van der Waals surface area contributed by atoms with Crippen molar-refractivity contribution in [1.29, 1.82) is 0 Å². The van der Waals surface area contributed by atoms with Crippen molar-refractivity contribution in [2.75, 3.05) is 17.7 Å². The van der Waals surface area contributed by atoms with Gasteiger partial charge < -0.3 is 15.4 Å². The van der Waals surface area contributed by atoms with Crippen molar-refractivity contribution in [3.05, 3.63) is 112 Å². The fraction of sp³-hybridized carbons (Fsp3) is 0.242. The molecular formula is C33H31FN2O4S2. The molecule has 216 valence electrons. The molecule has 1 aliphatic carbocycles. The first kappa shape index (κ1) is 29.5. The molecule has 2 atom stereocenters. The monoisotopic (exact) mass is 602 g/mol. The summed E-state index contributed by atoms with van der Waals surface area (Å²) < 4.78 is 19.2. The number of rotatable bonds is 9. The Morgan fingerprint density at radius 1 is 1.02 bits per heavy atom. The lowest BCUT2D eigenvalue weighted by molar-refractivity contribution is -0.115. The molecule has 0 bridgehead atoms. The standard InChI is InChI=1S/C33H31FN2O4S2/c1-3-27(41-23-13-9-12-22(19-23)35-30(37)24-14-7-8-15-26(24)34)31(38)36-32-29(33(39)40-2)25-17-16-21(18-28(25)42-32)20-10-5-4-6-11-20/h4-15,19,21,27H,3,16-18H2,1-2H3,(H,35,37)(H,36,38). The predicted molar refractivity (Wildman–Crippen MR) is 166 cm³/mol. The van der Waals surface area contributed by atoms with Gasteiger partial charge in [0.25, 0.3) is 5.91 Å². The highest BCUT2D eigenvalue weighted by Gasteiger charge is 2.31. The maximum atomic E-state index is 14.0. The highest BCUT2D eigenvalue weighted by molar-refractivity contribution is 8.00. The van der Waals surface area contributed by atoms with Crippen molar-refractivity contribution in [1.82, 2.24) is 0 Å². The zero-order chi connectivity index (χ0) is 29.6. The largest absolute Gasteiger partial charge is 0.465 e. The summed E-state index contributed by atoms with van der Waals surface area (Å²) in [5.74, 6) is -1.45. The van der Waals surface area contributed by atoms with Gasteiger partial charge in [0.15, 0.2) is 0 Å². The zero-order valence-corrected chi connectivity index (χ0v) is 24.9. The third-order valence-electron chi connectivity index (χ3n) is 7.31. The lowest BCUT2D eigenvalue weighted by atomic mass is 9.83. The molecule has 1 aromatic heterocycles. The van der Waals surface area contributed by atoms with Gasteiger partial charge in [-0.25, -0.2) is 9.18 Å². The smallest absolute Gasteiger partial charge is 0.341 e. The van der Waals surface area contributed by atoms with Gasteiger partial charge >= 0.3 is 5.97 Å². The second-order valence-corrected chi connectivity index (χ2v) is 12.4. The van der Waals surface area contributed by atoms with E-state index in [-0.39, 0.29) is 11.5 Å². The number of halogens is 1. The Bertz CT molecular complexity index is 1600. The van der Waals surface area contributed by atoms with E-state index in [1.54, 1.807) is 24.3 Å². The van der Waals surface area contributed by atoms with E-state index >= 15 is 0 Å². The summed E-state index contributed by atoms with van der Waals surface area (Å²) >= 11 is 2.81. The number of fused-ring (bicyclic) bond motifs is 1. The summed E-state index contributed by atoms with van der Waals surface area (Å²) in [5.41, 5.74) is 3.15. The molecule has 1 aliphatic rings. The molecule has 2 unspecified atom stereocenters. The normalized spacial score (nSPS) is 14.9. The highest BCUT2D eigenvalue weighted by atomic mass is 32.2. The van der Waals surface area contributed by atoms with Crippen LogP contribution in [0.3, 0.4) is 0 Å². The Morgan fingerprint density at radius 2 is 1.79 bits per heavy atom. The predicted octanol–water partition coefficient (Wildman–Crippen LogP) is 7.71. The van der Waals surface area contributed by atoms with Crippen molar-refractivity contribution in [3.63, 3.8) is 0 Å². The minimum Gasteiger partial charge on any atom is -0.465 e. The lowest BCUT2D eigenvalue weighted by Crippen LogP contribution is -2.25. The van der Waals surface area contributed by atoms with Crippen LogP contribution in [0.1, 0.15) is 62.4 Å². The Kier molecular flexibility index (Phi) is 9.39. The number of carbonyl (C=O) groups excluding carboxylic acids is 3. The molecule has 4 aromatic rings. The van der Waals surface area contributed by atoms with E-state index < -0.39 is 22.9 Å². The Morgan fingerprint density at radius 3 is 2.52 bits per heavy atom. The molecule has 9 heteroatoms. The molecule has 3 aromatic carbocycles. The van der Waals surface area contributed by atoms with Crippen LogP contribution in [0.4, 0.5) is 15.1 Å². The number of ether oxygens (including phenoxy) is 1. The van der Waals surface area contributed by atoms with Crippen LogP contribution in [-0.4, -0.2) is 30.1 Å². The molecule has 6 nitrogen and oxygen atoms in total. The minimum atomic E-state index is -0.597. The van der Waals surface area contributed by atoms with Crippen molar-refractivity contribution in [2.24, 2.45) is 0 Å². The van der Waals surface area contributed by atoms with Crippen LogP contribution in [0.15, 0.2) is 83.8 Å². The number of hydrogen-bond donors (Lipinski definition) is 2. The molecule has 2 amide bonds. The van der Waals surface area contributed by atoms with E-state index in [2.05, 4.69) is 22.8 Å². The van der Waals surface area contributed by atoms with Gasteiger partial charge in [0.1, 0.15) is 10.8 Å². The fourth-order valence-electron chi connectivity index (χ4n) is 5.17. The number of thiophene rings is 1. The summed E-state index contributed by atoms with van der Waals surface area (Å²) in [6.45, 7) is 1.92. The van der Waals surface area contributed by atoms with E-state index in [0.717, 1.165) is 34.6 Å². The number of benzene rings is 3. The molecule has 0 aliphatic heterocycles. The molecule has 0 spiro atoms. The van der Waals surface area contributed by atoms with Crippen LogP contribution in [-0.2, 0) is 22.4 Å². The molecule has 0 saturated carbocycles. The number of methoxy groups -OCH3 is 1. The first-order valence-electron chi connectivity index (χ1n) is 13.8. The Labute approximate surface area is 252 Å². The zero-order valence-electron chi connectivity index (χ0n) is 23.3. The summed E-state index contributed by atoms with van der Waals surface area (Å²) in [4.78, 5) is 40.8. The summed E-state index contributed by atoms with van der Waals surface area (Å²) in [7, 11) is 1.36. The van der Waals surface area contributed by atoms with E-state index in [4.69, 9.17) is 4.74 Å². The molecule has 0 fully saturated rings. The fourth-order valence-corrected chi connectivity index (χ4v) is 7.50. The number of thioether (sulfide) groups is 1. The van der Waals surface area contributed by atoms with Crippen LogP contribution >= 0.6 is 23.1 Å². The number of hydrogen-bond acceptors (Lipinski definition) is 6. The van der Waals surface area contributed by atoms with Gasteiger partial charge in [-0.05, 0) is 73.1 Å². The van der Waals surface area contributed by atoms with Crippen molar-refractivity contribution >= 4 is 51.6 Å². The van der Waals surface area contributed by atoms with Gasteiger partial charge in [0.05, 0.1) is 23.5 Å². The third-order valence-corrected chi connectivity index (χ3v) is 9.84. The van der Waals surface area contributed by atoms with Gasteiger partial charge in [-0.15, -0.1) is 23.1 Å². The van der Waals surface area contributed by atoms with Crippen molar-refractivity contribution in [3.8, 4) is 0 Å². The average Bonchev–Trinajstić information content (AvgIpc) is 3.37. The third kappa shape index (κ3) is 6.58. The number of anilines is 2. The molecular weight excluding hydrogens is 572 g/mol. The van der Waals surface area contributed by atoms with Crippen LogP contribution in [0, 0.1) is 5.82 Å². The maximum Gasteiger partial charge on any atom is 0.341 e. The molecule has 42 heavy (non-hydrogen) atoms. The van der Waals surface area contributed by atoms with Crippen LogP contribution < -0.4 is 10.6 Å². The number of carbonyl (C=O) groups is 3. The van der Waals surface area contributed by atoms with Crippen LogP contribution in [0.5, 0.6) is 0 Å². The van der Waals surface area contributed by atoms with Gasteiger partial charge in [-0.1, -0.05) is 55.5 Å². The summed E-state index contributed by atoms with van der Waals surface area (Å²) in [6, 6.07) is 23.3. The first-order valence-corrected chi connectivity index (χ1v) is 15.5. The van der Waals surface area contributed by atoms with E-state index in [0.29, 0.717) is 28.6 Å². The van der Waals surface area contributed by atoms with Gasteiger partial charge in [-0.3, -0.25) is 9.59 Å². The van der Waals surface area contributed by atoms with Crippen LogP contribution in [0.2, 0.25) is 0 Å². The molecule has 2 N–H and O–H groups in total. The van der Waals surface area contributed by atoms with Gasteiger partial charge in [-0.2, -0.15) is 0 Å². The van der Waals surface area contributed by atoms with E-state index in [9.17, 15) is 18.8 Å². The summed E-state index contributed by atoms with van der Waals surface area (Å²) in [5, 5.41) is 5.83. The topological polar surface area (TPSA) is 84.5 Å². The SMILES string of the molecule is CCC(Sc1cccc(NC(=O)c2ccccc2F)c1)C(=O)Nc1sc2c(c1C(=O)OC)CCC(c1ccccc1)C2. The highest BCUT2D eigenvalue weighted by Crippen LogP contribution is 2.43. The van der Waals surface area contributed by atoms with Gasteiger partial charge in [0, 0.05) is 15.5 Å². The summed E-state index contributed by atoms with van der Waals surface area (Å²) in [6.07, 6.45) is 3.00. The number of esters is 1. The second-order valence-electron chi connectivity index (χ2n) is 10.0. The number of amides is 2. The maximum absolute atomic E-state index is 14.0. The van der Waals surface area contributed by atoms with E-state index in [1.807, 2.05) is 31.2 Å². The van der Waals surface area contributed by atoms with Crippen molar-refractivity contribution in [2.45, 2.75) is 48.7 Å². The first-order chi connectivity index (χ1) is 20.4. The molecule has 0 radical (unpaired) electrons. The van der Waals surface area contributed by atoms with Crippen molar-refractivity contribution < 1.29 is 23.5 Å². The quantitative estimate of drug-likeness (QED) is 0.151. The Balaban J connectivity index is 1.31. The average molecular weight is 603 g/mol. The van der Waals surface area contributed by atoms with Gasteiger partial charge in [0.2, 0.25) is 5.91 Å². The lowest BCUT2D eigenvalue weighted by Gasteiger charge is -2.22. The van der Waals surface area contributed by atoms with E-state index in [1.165, 1.54) is 54.0 Å². The molecule has 5 rings (SSSR count). The molecule has 1 heterocycles. The van der Waals surface area contributed by atoms with Crippen LogP contribution in [0.25, 0.3) is 0 Å². The minimum absolute atomic E-state index is 0.0449. The second kappa shape index (κ2) is 13.4. The Hall–Kier alpha value is -3.95. The molecule has 0 saturated heterocycles. The number of nitrogens with one attached hydrogen (secondary N) is 2.